The van der Waals surface area contributed by atoms with Crippen molar-refractivity contribution in [2.45, 2.75) is 148 Å². The summed E-state index contributed by atoms with van der Waals surface area (Å²) in [6.07, 6.45) is 24.6. The molecule has 0 N–H and O–H groups in total. The third kappa shape index (κ3) is 9.58. The van der Waals surface area contributed by atoms with E-state index in [1.165, 1.54) is 89.5 Å². The average molecular weight is 573 g/mol. The van der Waals surface area contributed by atoms with E-state index in [4.69, 9.17) is 0 Å². The van der Waals surface area contributed by atoms with Crippen LogP contribution in [0.15, 0.2) is 18.2 Å². The van der Waals surface area contributed by atoms with Crippen LogP contribution in [0.3, 0.4) is 0 Å². The maximum Gasteiger partial charge on any atom is 0.167 e. The molecule has 1 fully saturated rings. The molecule has 1 saturated carbocycles. The van der Waals surface area contributed by atoms with Crippen molar-refractivity contribution in [2.75, 3.05) is 0 Å². The lowest BCUT2D eigenvalue weighted by atomic mass is 9.79. The Morgan fingerprint density at radius 1 is 0.585 bits per heavy atom. The largest absolute Gasteiger partial charge is 0.203 e. The number of benzene rings is 2. The van der Waals surface area contributed by atoms with Gasteiger partial charge >= 0.3 is 0 Å². The third-order valence-electron chi connectivity index (χ3n) is 9.64. The molecular formula is C37H52F4. The van der Waals surface area contributed by atoms with Gasteiger partial charge in [-0.1, -0.05) is 128 Å². The molecule has 0 aromatic heterocycles. The van der Waals surface area contributed by atoms with Gasteiger partial charge < -0.3 is 0 Å². The number of unbranched alkanes of at least 4 members (excludes halogenated alkanes) is 12. The molecule has 0 spiro atoms. The first kappa shape index (κ1) is 32.1. The monoisotopic (exact) mass is 572 g/mol. The predicted octanol–water partition coefficient (Wildman–Crippen LogP) is 12.2. The highest BCUT2D eigenvalue weighted by molar-refractivity contribution is 5.67. The minimum Gasteiger partial charge on any atom is -0.203 e. The van der Waals surface area contributed by atoms with E-state index in [0.29, 0.717) is 36.3 Å². The molecule has 0 bridgehead atoms. The van der Waals surface area contributed by atoms with Gasteiger partial charge in [0.15, 0.2) is 23.3 Å². The minimum atomic E-state index is -1.07. The highest BCUT2D eigenvalue weighted by atomic mass is 19.2. The summed E-state index contributed by atoms with van der Waals surface area (Å²) in [4.78, 5) is 0. The zero-order valence-electron chi connectivity index (χ0n) is 25.5. The van der Waals surface area contributed by atoms with E-state index < -0.39 is 23.3 Å². The minimum absolute atomic E-state index is 0.156. The summed E-state index contributed by atoms with van der Waals surface area (Å²) >= 11 is 0. The van der Waals surface area contributed by atoms with Gasteiger partial charge in [-0.2, -0.15) is 0 Å². The number of rotatable bonds is 19. The Bertz CT molecular complexity index is 1090. The van der Waals surface area contributed by atoms with Gasteiger partial charge in [0.05, 0.1) is 0 Å². The summed E-state index contributed by atoms with van der Waals surface area (Å²) in [5.74, 6) is -2.55. The molecule has 228 valence electrons. The summed E-state index contributed by atoms with van der Waals surface area (Å²) < 4.78 is 60.7. The topological polar surface area (TPSA) is 0 Å². The molecule has 0 saturated heterocycles. The van der Waals surface area contributed by atoms with E-state index in [2.05, 4.69) is 6.92 Å². The van der Waals surface area contributed by atoms with Gasteiger partial charge in [-0.25, -0.2) is 17.6 Å². The number of fused-ring (bicyclic) bond motifs is 1. The van der Waals surface area contributed by atoms with Crippen LogP contribution in [0.2, 0.25) is 0 Å². The maximum absolute atomic E-state index is 15.3. The molecule has 2 aromatic rings. The van der Waals surface area contributed by atoms with Crippen molar-refractivity contribution < 1.29 is 17.6 Å². The Labute approximate surface area is 246 Å². The molecule has 2 aliphatic rings. The summed E-state index contributed by atoms with van der Waals surface area (Å²) in [6, 6.07) is 4.56. The van der Waals surface area contributed by atoms with Crippen LogP contribution in [0.1, 0.15) is 146 Å². The average Bonchev–Trinajstić information content (AvgIpc) is 3.81. The molecule has 0 heterocycles. The van der Waals surface area contributed by atoms with Crippen molar-refractivity contribution in [1.82, 2.24) is 0 Å². The molecule has 4 rings (SSSR count). The maximum atomic E-state index is 15.3. The van der Waals surface area contributed by atoms with Crippen molar-refractivity contribution in [2.24, 2.45) is 11.8 Å². The van der Waals surface area contributed by atoms with Crippen LogP contribution in [0.5, 0.6) is 0 Å². The van der Waals surface area contributed by atoms with Crippen LogP contribution >= 0.6 is 0 Å². The predicted molar refractivity (Wildman–Crippen MR) is 163 cm³/mol. The quantitative estimate of drug-likeness (QED) is 0.116. The van der Waals surface area contributed by atoms with Crippen LogP contribution < -0.4 is 0 Å². The number of aryl methyl sites for hydroxylation is 2. The molecule has 1 atom stereocenters. The van der Waals surface area contributed by atoms with Gasteiger partial charge in [-0.15, -0.1) is 0 Å². The number of hydrogen-bond donors (Lipinski definition) is 0. The van der Waals surface area contributed by atoms with Crippen molar-refractivity contribution in [3.05, 3.63) is 58.2 Å². The summed E-state index contributed by atoms with van der Waals surface area (Å²) in [6.45, 7) is 2.22. The molecule has 0 amide bonds. The Hall–Kier alpha value is -1.84. The number of halogens is 4. The first-order valence-corrected chi connectivity index (χ1v) is 17.0. The Kier molecular flexibility index (Phi) is 13.1. The van der Waals surface area contributed by atoms with Crippen LogP contribution in [-0.4, -0.2) is 0 Å². The summed E-state index contributed by atoms with van der Waals surface area (Å²) in [5.41, 5.74) is 1.16. The molecule has 0 aliphatic heterocycles. The second-order valence-corrected chi connectivity index (χ2v) is 13.1. The zero-order valence-corrected chi connectivity index (χ0v) is 25.5. The van der Waals surface area contributed by atoms with Gasteiger partial charge in [0.1, 0.15) is 0 Å². The van der Waals surface area contributed by atoms with E-state index in [0.717, 1.165) is 50.0 Å². The van der Waals surface area contributed by atoms with Crippen LogP contribution in [0.4, 0.5) is 17.6 Å². The van der Waals surface area contributed by atoms with Crippen LogP contribution in [0.25, 0.3) is 11.1 Å². The Morgan fingerprint density at radius 2 is 1.17 bits per heavy atom. The van der Waals surface area contributed by atoms with E-state index in [-0.39, 0.29) is 11.1 Å². The van der Waals surface area contributed by atoms with Gasteiger partial charge in [0.25, 0.3) is 0 Å². The molecule has 2 aromatic carbocycles. The molecule has 2 aliphatic carbocycles. The lowest BCUT2D eigenvalue weighted by molar-refractivity contribution is 0.388. The summed E-state index contributed by atoms with van der Waals surface area (Å²) in [5, 5.41) is 0. The first-order valence-electron chi connectivity index (χ1n) is 17.0. The fourth-order valence-corrected chi connectivity index (χ4v) is 6.77. The molecule has 0 nitrogen and oxygen atoms in total. The van der Waals surface area contributed by atoms with Crippen molar-refractivity contribution in [1.29, 1.82) is 0 Å². The molecule has 1 unspecified atom stereocenters. The van der Waals surface area contributed by atoms with E-state index in [9.17, 15) is 4.39 Å². The van der Waals surface area contributed by atoms with Crippen molar-refractivity contribution >= 4 is 0 Å². The Morgan fingerprint density at radius 3 is 1.83 bits per heavy atom. The van der Waals surface area contributed by atoms with Crippen LogP contribution in [-0.2, 0) is 19.3 Å². The molecular weight excluding hydrogens is 520 g/mol. The van der Waals surface area contributed by atoms with Gasteiger partial charge in [-0.3, -0.25) is 0 Å². The highest BCUT2D eigenvalue weighted by Crippen LogP contribution is 2.38. The Balaban J connectivity index is 1.27. The number of hydrogen-bond acceptors (Lipinski definition) is 0. The van der Waals surface area contributed by atoms with E-state index >= 15 is 13.2 Å². The summed E-state index contributed by atoms with van der Waals surface area (Å²) in [7, 11) is 0. The SMILES string of the molecule is CCCCCCCCCC1CCc2cc(-c3ccc(CCCCCCCCCC4CC4)c(F)c3F)c(F)c(F)c2C1. The van der Waals surface area contributed by atoms with Crippen molar-refractivity contribution in [3.63, 3.8) is 0 Å². The van der Waals surface area contributed by atoms with E-state index in [1.54, 1.807) is 12.1 Å². The third-order valence-corrected chi connectivity index (χ3v) is 9.64. The second kappa shape index (κ2) is 16.7. The lowest BCUT2D eigenvalue weighted by Gasteiger charge is -2.26. The molecule has 41 heavy (non-hydrogen) atoms. The lowest BCUT2D eigenvalue weighted by Crippen LogP contribution is -2.17. The van der Waals surface area contributed by atoms with Crippen molar-refractivity contribution in [3.8, 4) is 11.1 Å². The van der Waals surface area contributed by atoms with Gasteiger partial charge in [0, 0.05) is 11.1 Å². The fourth-order valence-electron chi connectivity index (χ4n) is 6.77. The molecule has 0 radical (unpaired) electrons. The van der Waals surface area contributed by atoms with Gasteiger partial charge in [0.2, 0.25) is 0 Å². The first-order chi connectivity index (χ1) is 20.0. The smallest absolute Gasteiger partial charge is 0.167 e. The second-order valence-electron chi connectivity index (χ2n) is 13.1. The molecule has 4 heteroatoms. The zero-order chi connectivity index (χ0) is 29.0. The van der Waals surface area contributed by atoms with Crippen LogP contribution in [0, 0.1) is 35.1 Å². The highest BCUT2D eigenvalue weighted by Gasteiger charge is 2.27. The van der Waals surface area contributed by atoms with E-state index in [1.807, 2.05) is 0 Å². The normalized spacial score (nSPS) is 16.8. The van der Waals surface area contributed by atoms with Gasteiger partial charge in [-0.05, 0) is 66.7 Å². The standard InChI is InChI=1S/C37H52F4/c1-2-3-4-5-7-11-14-17-28-21-22-30-26-33(37(41)36(40)32(30)25-28)31-24-23-29(34(38)35(31)39)18-15-12-9-6-8-10-13-16-27-19-20-27/h23-24,26-28H,2-22,25H2,1H3. The fraction of sp³-hybridized carbons (Fsp3) is 0.676.